The number of ether oxygens (including phenoxy) is 1. The zero-order chi connectivity index (χ0) is 18.1. The molecule has 0 N–H and O–H groups in total. The fraction of sp³-hybridized carbons (Fsp3) is 0.125. The van der Waals surface area contributed by atoms with Crippen molar-refractivity contribution in [1.29, 1.82) is 0 Å². The van der Waals surface area contributed by atoms with Gasteiger partial charge in [-0.15, -0.1) is 5.10 Å². The Hall–Kier alpha value is -2.45. The van der Waals surface area contributed by atoms with E-state index in [1.807, 2.05) is 12.1 Å². The average Bonchev–Trinajstić information content (AvgIpc) is 3.01. The lowest BCUT2D eigenvalue weighted by molar-refractivity contribution is -0.384. The highest BCUT2D eigenvalue weighted by Crippen LogP contribution is 2.33. The molecular formula is C16H11BrClN3O4. The van der Waals surface area contributed by atoms with Gasteiger partial charge in [0, 0.05) is 29.1 Å². The van der Waals surface area contributed by atoms with Gasteiger partial charge in [0.1, 0.15) is 0 Å². The minimum Gasteiger partial charge on any atom is -0.446 e. The number of hydrogen-bond acceptors (Lipinski definition) is 5. The van der Waals surface area contributed by atoms with E-state index in [-0.39, 0.29) is 28.1 Å². The number of benzene rings is 2. The van der Waals surface area contributed by atoms with E-state index < -0.39 is 11.2 Å². The molecule has 0 saturated carbocycles. The fourth-order valence-corrected chi connectivity index (χ4v) is 2.77. The third kappa shape index (κ3) is 3.49. The largest absolute Gasteiger partial charge is 0.446 e. The molecule has 0 spiro atoms. The van der Waals surface area contributed by atoms with Crippen LogP contribution in [0.1, 0.15) is 24.3 Å². The Kier molecular flexibility index (Phi) is 4.73. The second-order valence-electron chi connectivity index (χ2n) is 5.21. The van der Waals surface area contributed by atoms with E-state index in [4.69, 9.17) is 16.3 Å². The number of rotatable bonds is 3. The Bertz CT molecular complexity index is 885. The molecule has 2 aromatic rings. The maximum Gasteiger partial charge on any atom is 0.270 e. The van der Waals surface area contributed by atoms with Crippen molar-refractivity contribution in [1.82, 2.24) is 5.01 Å². The Morgan fingerprint density at radius 2 is 2.00 bits per heavy atom. The van der Waals surface area contributed by atoms with Crippen LogP contribution in [-0.2, 0) is 9.53 Å². The molecule has 0 radical (unpaired) electrons. The molecule has 1 atom stereocenters. The average molecular weight is 425 g/mol. The van der Waals surface area contributed by atoms with Gasteiger partial charge in [0.15, 0.2) is 0 Å². The van der Waals surface area contributed by atoms with Crippen molar-refractivity contribution in [3.05, 3.63) is 73.2 Å². The van der Waals surface area contributed by atoms with Gasteiger partial charge in [0.2, 0.25) is 18.0 Å². The van der Waals surface area contributed by atoms with E-state index in [1.165, 1.54) is 30.1 Å². The number of nitrogens with zero attached hydrogens (tertiary/aromatic N) is 3. The molecule has 2 aromatic carbocycles. The molecule has 1 aliphatic rings. The van der Waals surface area contributed by atoms with E-state index in [0.717, 1.165) is 4.47 Å². The van der Waals surface area contributed by atoms with Crippen molar-refractivity contribution in [3.8, 4) is 0 Å². The van der Waals surface area contributed by atoms with Crippen LogP contribution in [0.4, 0.5) is 5.69 Å². The second-order valence-corrected chi connectivity index (χ2v) is 6.53. The number of halogens is 2. The number of amides is 1. The monoisotopic (exact) mass is 423 g/mol. The standard InChI is InChI=1S/C16H11BrClN3O4/c1-9(22)20-16(10-2-4-11(17)5-3-10)25-15(19-20)13-8-12(21(23)24)6-7-14(13)18/h2-8,16H,1H3/t16-/m0/s1. The highest BCUT2D eigenvalue weighted by atomic mass is 79.9. The van der Waals surface area contributed by atoms with E-state index in [9.17, 15) is 14.9 Å². The number of carbonyl (C=O) groups is 1. The number of hydrogen-bond donors (Lipinski definition) is 0. The molecule has 128 valence electrons. The first-order valence-electron chi connectivity index (χ1n) is 7.11. The smallest absolute Gasteiger partial charge is 0.270 e. The summed E-state index contributed by atoms with van der Waals surface area (Å²) in [7, 11) is 0. The lowest BCUT2D eigenvalue weighted by Gasteiger charge is -2.19. The first kappa shape index (κ1) is 17.4. The van der Waals surface area contributed by atoms with Crippen LogP contribution in [0.5, 0.6) is 0 Å². The third-order valence-corrected chi connectivity index (χ3v) is 4.37. The maximum atomic E-state index is 11.9. The molecule has 25 heavy (non-hydrogen) atoms. The summed E-state index contributed by atoms with van der Waals surface area (Å²) in [5, 5.41) is 16.6. The van der Waals surface area contributed by atoms with E-state index in [1.54, 1.807) is 12.1 Å². The molecule has 0 aliphatic carbocycles. The predicted molar refractivity (Wildman–Crippen MR) is 95.1 cm³/mol. The molecule has 0 saturated heterocycles. The van der Waals surface area contributed by atoms with Crippen molar-refractivity contribution >= 4 is 45.0 Å². The normalized spacial score (nSPS) is 16.4. The molecular weight excluding hydrogens is 414 g/mol. The predicted octanol–water partition coefficient (Wildman–Crippen LogP) is 4.25. The molecule has 0 bridgehead atoms. The van der Waals surface area contributed by atoms with Gasteiger partial charge in [0.25, 0.3) is 5.69 Å². The molecule has 3 rings (SSSR count). The number of carbonyl (C=O) groups excluding carboxylic acids is 1. The van der Waals surface area contributed by atoms with E-state index in [0.29, 0.717) is 5.56 Å². The van der Waals surface area contributed by atoms with Gasteiger partial charge in [-0.1, -0.05) is 39.7 Å². The highest BCUT2D eigenvalue weighted by molar-refractivity contribution is 9.10. The lowest BCUT2D eigenvalue weighted by Crippen LogP contribution is -2.25. The summed E-state index contributed by atoms with van der Waals surface area (Å²) in [4.78, 5) is 22.4. The van der Waals surface area contributed by atoms with Crippen LogP contribution in [-0.4, -0.2) is 21.7 Å². The van der Waals surface area contributed by atoms with Crippen LogP contribution in [0.3, 0.4) is 0 Å². The third-order valence-electron chi connectivity index (χ3n) is 3.51. The van der Waals surface area contributed by atoms with Gasteiger partial charge in [-0.2, -0.15) is 5.01 Å². The van der Waals surface area contributed by atoms with Crippen molar-refractivity contribution in [2.75, 3.05) is 0 Å². The van der Waals surface area contributed by atoms with Crippen LogP contribution < -0.4 is 0 Å². The number of nitro benzene ring substituents is 1. The van der Waals surface area contributed by atoms with Gasteiger partial charge in [-0.3, -0.25) is 14.9 Å². The highest BCUT2D eigenvalue weighted by Gasteiger charge is 2.34. The zero-order valence-corrected chi connectivity index (χ0v) is 15.2. The summed E-state index contributed by atoms with van der Waals surface area (Å²) in [6, 6.07) is 11.2. The van der Waals surface area contributed by atoms with E-state index in [2.05, 4.69) is 21.0 Å². The van der Waals surface area contributed by atoms with E-state index >= 15 is 0 Å². The summed E-state index contributed by atoms with van der Waals surface area (Å²) in [6.07, 6.45) is -0.768. The summed E-state index contributed by atoms with van der Waals surface area (Å²) >= 11 is 9.48. The zero-order valence-electron chi connectivity index (χ0n) is 12.8. The summed E-state index contributed by atoms with van der Waals surface area (Å²) in [5.41, 5.74) is 0.813. The Balaban J connectivity index is 2.00. The molecule has 0 unspecified atom stereocenters. The van der Waals surface area contributed by atoms with Gasteiger partial charge < -0.3 is 4.74 Å². The van der Waals surface area contributed by atoms with Crippen LogP contribution in [0.25, 0.3) is 0 Å². The van der Waals surface area contributed by atoms with Crippen LogP contribution in [0.2, 0.25) is 5.02 Å². The Labute approximate surface area is 156 Å². The quantitative estimate of drug-likeness (QED) is 0.544. The van der Waals surface area contributed by atoms with Crippen molar-refractivity contribution in [3.63, 3.8) is 0 Å². The van der Waals surface area contributed by atoms with Gasteiger partial charge in [-0.25, -0.2) is 0 Å². The van der Waals surface area contributed by atoms with Crippen LogP contribution in [0, 0.1) is 10.1 Å². The van der Waals surface area contributed by atoms with Crippen molar-refractivity contribution < 1.29 is 14.5 Å². The summed E-state index contributed by atoms with van der Waals surface area (Å²) in [5.74, 6) is -0.277. The molecule has 7 nitrogen and oxygen atoms in total. The molecule has 9 heteroatoms. The Morgan fingerprint density at radius 1 is 1.32 bits per heavy atom. The Morgan fingerprint density at radius 3 is 2.60 bits per heavy atom. The number of hydrazone groups is 1. The molecule has 0 fully saturated rings. The lowest BCUT2D eigenvalue weighted by atomic mass is 10.2. The topological polar surface area (TPSA) is 85.0 Å². The molecule has 1 heterocycles. The van der Waals surface area contributed by atoms with Crippen LogP contribution in [0.15, 0.2) is 52.0 Å². The summed E-state index contributed by atoms with van der Waals surface area (Å²) in [6.45, 7) is 1.36. The minimum absolute atomic E-state index is 0.0526. The first-order chi connectivity index (χ1) is 11.9. The molecule has 0 aromatic heterocycles. The van der Waals surface area contributed by atoms with Gasteiger partial charge >= 0.3 is 0 Å². The van der Waals surface area contributed by atoms with Gasteiger partial charge in [0.05, 0.1) is 15.5 Å². The first-order valence-corrected chi connectivity index (χ1v) is 8.29. The molecule has 1 amide bonds. The van der Waals surface area contributed by atoms with Gasteiger partial charge in [-0.05, 0) is 18.2 Å². The molecule has 1 aliphatic heterocycles. The second kappa shape index (κ2) is 6.81. The number of nitro groups is 1. The SMILES string of the molecule is CC(=O)N1N=C(c2cc([N+](=O)[O-])ccc2Cl)O[C@H]1c1ccc(Br)cc1. The number of non-ortho nitro benzene ring substituents is 1. The summed E-state index contributed by atoms with van der Waals surface area (Å²) < 4.78 is 6.68. The van der Waals surface area contributed by atoms with Crippen molar-refractivity contribution in [2.45, 2.75) is 13.2 Å². The minimum atomic E-state index is -0.768. The van der Waals surface area contributed by atoms with Crippen molar-refractivity contribution in [2.24, 2.45) is 5.10 Å². The maximum absolute atomic E-state index is 11.9. The fourth-order valence-electron chi connectivity index (χ4n) is 2.31. The van der Waals surface area contributed by atoms with Crippen LogP contribution >= 0.6 is 27.5 Å².